The zero-order chi connectivity index (χ0) is 12.1. The smallest absolute Gasteiger partial charge is 0.355 e. The zero-order valence-corrected chi connectivity index (χ0v) is 7.95. The number of urea groups is 1. The normalized spacial score (nSPS) is 10.3. The fraction of sp³-hybridized carbons (Fsp3) is 0. The van der Waals surface area contributed by atoms with E-state index in [-0.39, 0.29) is 5.56 Å². The Labute approximate surface area is 89.5 Å². The number of nitrogens with zero attached hydrogens (tertiary/aromatic N) is 2. The number of nitro groups is 1. The number of carbonyl (C=O) groups excluding carboxylic acids is 1. The third-order valence-corrected chi connectivity index (χ3v) is 1.69. The number of amides is 2. The molecule has 0 fully saturated rings. The van der Waals surface area contributed by atoms with Crippen molar-refractivity contribution < 1.29 is 14.8 Å². The fourth-order valence-electron chi connectivity index (χ4n) is 0.966. The van der Waals surface area contributed by atoms with Crippen LogP contribution in [0.5, 0.6) is 5.75 Å². The van der Waals surface area contributed by atoms with Crippen molar-refractivity contribution in [3.63, 3.8) is 0 Å². The number of carbonyl (C=O) groups is 1. The number of benzene rings is 1. The maximum Gasteiger partial charge on any atom is 0.355 e. The van der Waals surface area contributed by atoms with E-state index in [1.165, 1.54) is 12.1 Å². The topological polar surface area (TPSA) is 131 Å². The first-order valence-electron chi connectivity index (χ1n) is 4.07. The highest BCUT2D eigenvalue weighted by Gasteiger charge is 2.15. The number of hydrogen-bond acceptors (Lipinski definition) is 5. The van der Waals surface area contributed by atoms with E-state index in [2.05, 4.69) is 4.99 Å². The van der Waals surface area contributed by atoms with E-state index < -0.39 is 22.4 Å². The van der Waals surface area contributed by atoms with Crippen LogP contribution in [0.1, 0.15) is 5.56 Å². The van der Waals surface area contributed by atoms with E-state index in [0.29, 0.717) is 0 Å². The van der Waals surface area contributed by atoms with Gasteiger partial charge in [-0.1, -0.05) is 6.07 Å². The first-order valence-corrected chi connectivity index (χ1v) is 4.07. The molecule has 0 saturated carbocycles. The molecule has 0 atom stereocenters. The number of nitro benzene ring substituents is 1. The van der Waals surface area contributed by atoms with Crippen LogP contribution in [-0.4, -0.2) is 22.3 Å². The van der Waals surface area contributed by atoms with Gasteiger partial charge in [-0.15, -0.1) is 0 Å². The summed E-state index contributed by atoms with van der Waals surface area (Å²) >= 11 is 0. The lowest BCUT2D eigenvalue weighted by Gasteiger charge is -1.98. The van der Waals surface area contributed by atoms with Crippen molar-refractivity contribution in [2.45, 2.75) is 0 Å². The number of para-hydroxylation sites is 1. The van der Waals surface area contributed by atoms with E-state index in [4.69, 9.17) is 5.84 Å². The highest BCUT2D eigenvalue weighted by molar-refractivity contribution is 5.93. The average molecular weight is 224 g/mol. The largest absolute Gasteiger partial charge is 0.502 e. The molecule has 0 aliphatic heterocycles. The van der Waals surface area contributed by atoms with Crippen LogP contribution in [-0.2, 0) is 0 Å². The Balaban J connectivity index is 3.07. The van der Waals surface area contributed by atoms with Crippen LogP contribution in [0.3, 0.4) is 0 Å². The Kier molecular flexibility index (Phi) is 3.51. The summed E-state index contributed by atoms with van der Waals surface area (Å²) in [6.45, 7) is 0. The van der Waals surface area contributed by atoms with Gasteiger partial charge >= 0.3 is 11.7 Å². The predicted molar refractivity (Wildman–Crippen MR) is 55.1 cm³/mol. The van der Waals surface area contributed by atoms with Gasteiger partial charge in [-0.05, 0) is 6.07 Å². The number of aromatic hydroxyl groups is 1. The summed E-state index contributed by atoms with van der Waals surface area (Å²) in [6, 6.07) is 3.04. The van der Waals surface area contributed by atoms with Gasteiger partial charge in [0.05, 0.1) is 4.92 Å². The number of rotatable bonds is 2. The molecule has 0 heterocycles. The summed E-state index contributed by atoms with van der Waals surface area (Å²) in [5.74, 6) is 4.21. The third-order valence-electron chi connectivity index (χ3n) is 1.69. The van der Waals surface area contributed by atoms with Crippen LogP contribution in [0, 0.1) is 10.1 Å². The molecule has 1 aromatic carbocycles. The fourth-order valence-corrected chi connectivity index (χ4v) is 0.966. The number of phenols is 1. The van der Waals surface area contributed by atoms with E-state index in [1.54, 1.807) is 5.43 Å². The van der Waals surface area contributed by atoms with Gasteiger partial charge in [0.15, 0.2) is 0 Å². The molecule has 0 aliphatic carbocycles. The summed E-state index contributed by atoms with van der Waals surface area (Å²) in [7, 11) is 0. The molecule has 0 unspecified atom stereocenters. The lowest BCUT2D eigenvalue weighted by molar-refractivity contribution is -0.385. The van der Waals surface area contributed by atoms with Gasteiger partial charge in [-0.2, -0.15) is 0 Å². The van der Waals surface area contributed by atoms with Gasteiger partial charge in [-0.25, -0.2) is 15.6 Å². The summed E-state index contributed by atoms with van der Waals surface area (Å²) < 4.78 is 0. The van der Waals surface area contributed by atoms with E-state index in [0.717, 1.165) is 12.3 Å². The maximum atomic E-state index is 10.7. The summed E-state index contributed by atoms with van der Waals surface area (Å²) in [6.07, 6.45) is 0.977. The SMILES string of the molecule is NNC(=O)/N=C/c1cccc([N+](=O)[O-])c1O. The standard InChI is InChI=1S/C8H8N4O4/c9-11-8(14)10-4-5-2-1-3-6(7(5)13)12(15)16/h1-4,13H,9H2,(H,11,14)/b10-4+. The lowest BCUT2D eigenvalue weighted by atomic mass is 10.2. The molecule has 4 N–H and O–H groups in total. The quantitative estimate of drug-likeness (QED) is 0.218. The minimum Gasteiger partial charge on any atom is -0.502 e. The molecule has 0 spiro atoms. The lowest BCUT2D eigenvalue weighted by Crippen LogP contribution is -2.26. The Morgan fingerprint density at radius 1 is 1.62 bits per heavy atom. The van der Waals surface area contributed by atoms with Crippen molar-refractivity contribution in [1.82, 2.24) is 5.43 Å². The number of nitrogens with one attached hydrogen (secondary N) is 1. The Bertz CT molecular complexity index is 457. The van der Waals surface area contributed by atoms with Crippen molar-refractivity contribution >= 4 is 17.9 Å². The Morgan fingerprint density at radius 2 is 2.31 bits per heavy atom. The summed E-state index contributed by atoms with van der Waals surface area (Å²) in [4.78, 5) is 23.7. The number of hydrogen-bond donors (Lipinski definition) is 3. The Hall–Kier alpha value is -2.48. The Morgan fingerprint density at radius 3 is 2.88 bits per heavy atom. The number of aliphatic imine (C=N–C) groups is 1. The second kappa shape index (κ2) is 4.84. The minimum atomic E-state index is -0.828. The monoisotopic (exact) mass is 224 g/mol. The molecule has 1 aromatic rings. The van der Waals surface area contributed by atoms with Gasteiger partial charge in [0.1, 0.15) is 0 Å². The minimum absolute atomic E-state index is 0.0535. The van der Waals surface area contributed by atoms with Crippen LogP contribution in [0.15, 0.2) is 23.2 Å². The second-order valence-corrected chi connectivity index (χ2v) is 2.68. The third kappa shape index (κ3) is 2.51. The number of phenolic OH excluding ortho intramolecular Hbond substituents is 1. The van der Waals surface area contributed by atoms with Crippen LogP contribution >= 0.6 is 0 Å². The van der Waals surface area contributed by atoms with Crippen molar-refractivity contribution in [3.8, 4) is 5.75 Å². The maximum absolute atomic E-state index is 10.7. The molecule has 0 aromatic heterocycles. The van der Waals surface area contributed by atoms with Crippen molar-refractivity contribution in [2.24, 2.45) is 10.8 Å². The van der Waals surface area contributed by atoms with E-state index in [1.807, 2.05) is 0 Å². The molecule has 84 valence electrons. The zero-order valence-electron chi connectivity index (χ0n) is 7.95. The molecule has 1 rings (SSSR count). The molecule has 16 heavy (non-hydrogen) atoms. The van der Waals surface area contributed by atoms with E-state index >= 15 is 0 Å². The van der Waals surface area contributed by atoms with Crippen molar-refractivity contribution in [3.05, 3.63) is 33.9 Å². The van der Waals surface area contributed by atoms with Gasteiger partial charge in [0, 0.05) is 17.8 Å². The number of hydrazine groups is 1. The first kappa shape index (κ1) is 11.6. The summed E-state index contributed by atoms with van der Waals surface area (Å²) in [5.41, 5.74) is 1.33. The first-order chi connectivity index (χ1) is 7.56. The van der Waals surface area contributed by atoms with Gasteiger partial charge in [0.25, 0.3) is 0 Å². The van der Waals surface area contributed by atoms with E-state index in [9.17, 15) is 20.0 Å². The van der Waals surface area contributed by atoms with Crippen LogP contribution in [0.25, 0.3) is 0 Å². The second-order valence-electron chi connectivity index (χ2n) is 2.68. The van der Waals surface area contributed by atoms with Crippen molar-refractivity contribution in [1.29, 1.82) is 0 Å². The van der Waals surface area contributed by atoms with Gasteiger partial charge < -0.3 is 5.11 Å². The average Bonchev–Trinajstić information content (AvgIpc) is 2.26. The van der Waals surface area contributed by atoms with Gasteiger partial charge in [0.2, 0.25) is 5.75 Å². The molecule has 0 radical (unpaired) electrons. The van der Waals surface area contributed by atoms with Gasteiger partial charge in [-0.3, -0.25) is 15.5 Å². The predicted octanol–water partition coefficient (Wildman–Crippen LogP) is 0.303. The van der Waals surface area contributed by atoms with Crippen LogP contribution in [0.4, 0.5) is 10.5 Å². The molecule has 8 nitrogen and oxygen atoms in total. The highest BCUT2D eigenvalue weighted by atomic mass is 16.6. The molecule has 0 saturated heterocycles. The molecule has 0 aliphatic rings. The molecular formula is C8H8N4O4. The molecular weight excluding hydrogens is 216 g/mol. The van der Waals surface area contributed by atoms with Crippen molar-refractivity contribution in [2.75, 3.05) is 0 Å². The highest BCUT2D eigenvalue weighted by Crippen LogP contribution is 2.27. The molecule has 2 amide bonds. The van der Waals surface area contributed by atoms with Crippen LogP contribution < -0.4 is 11.3 Å². The molecule has 0 bridgehead atoms. The van der Waals surface area contributed by atoms with Crippen LogP contribution in [0.2, 0.25) is 0 Å². The molecule has 8 heteroatoms. The number of nitrogens with two attached hydrogens (primary N) is 1. The summed E-state index contributed by atoms with van der Waals surface area (Å²) in [5, 5.41) is 19.9.